The van der Waals surface area contributed by atoms with E-state index >= 15 is 0 Å². The van der Waals surface area contributed by atoms with Gasteiger partial charge in [0.1, 0.15) is 0 Å². The van der Waals surface area contributed by atoms with Gasteiger partial charge in [0.2, 0.25) is 11.1 Å². The van der Waals surface area contributed by atoms with Gasteiger partial charge in [0.05, 0.1) is 5.75 Å². The van der Waals surface area contributed by atoms with Crippen molar-refractivity contribution in [3.63, 3.8) is 0 Å². The van der Waals surface area contributed by atoms with Crippen LogP contribution >= 0.6 is 11.8 Å². The van der Waals surface area contributed by atoms with Crippen LogP contribution in [0.2, 0.25) is 0 Å². The average molecular weight is 375 g/mol. The van der Waals surface area contributed by atoms with Gasteiger partial charge in [-0.2, -0.15) is 0 Å². The summed E-state index contributed by atoms with van der Waals surface area (Å²) < 4.78 is 1.49. The molecule has 140 valence electrons. The zero-order valence-electron chi connectivity index (χ0n) is 15.6. The Hall–Kier alpha value is -2.22. The lowest BCUT2D eigenvalue weighted by atomic mass is 9.96. The summed E-state index contributed by atoms with van der Waals surface area (Å²) in [5.41, 5.74) is 1.03. The Balaban J connectivity index is 1.52. The molecule has 2 heterocycles. The summed E-state index contributed by atoms with van der Waals surface area (Å²) >= 11 is 1.34. The maximum absolute atomic E-state index is 12.5. The van der Waals surface area contributed by atoms with Crippen LogP contribution in [0.1, 0.15) is 26.6 Å². The van der Waals surface area contributed by atoms with E-state index in [2.05, 4.69) is 27.2 Å². The summed E-state index contributed by atoms with van der Waals surface area (Å²) in [5.74, 6) is 7.23. The van der Waals surface area contributed by atoms with Crippen molar-refractivity contribution < 1.29 is 4.79 Å². The molecule has 2 aromatic rings. The number of piperazine rings is 1. The zero-order valence-corrected chi connectivity index (χ0v) is 16.4. The number of rotatable bonds is 4. The number of anilines is 1. The Bertz CT molecular complexity index is 747. The molecule has 7 nitrogen and oxygen atoms in total. The van der Waals surface area contributed by atoms with E-state index in [1.807, 2.05) is 43.9 Å². The number of hydrogen-bond acceptors (Lipinski definition) is 6. The van der Waals surface area contributed by atoms with E-state index in [0.29, 0.717) is 16.7 Å². The van der Waals surface area contributed by atoms with Crippen molar-refractivity contribution in [2.24, 2.45) is 0 Å². The van der Waals surface area contributed by atoms with Crippen LogP contribution in [0.5, 0.6) is 0 Å². The van der Waals surface area contributed by atoms with Crippen LogP contribution in [0.15, 0.2) is 35.5 Å². The topological polar surface area (TPSA) is 80.3 Å². The maximum atomic E-state index is 12.5. The summed E-state index contributed by atoms with van der Waals surface area (Å²) in [4.78, 5) is 16.7. The van der Waals surface area contributed by atoms with Crippen LogP contribution in [0.25, 0.3) is 0 Å². The number of hydrogen-bond donors (Lipinski definition) is 1. The Morgan fingerprint density at radius 1 is 1.12 bits per heavy atom. The molecule has 8 heteroatoms. The van der Waals surface area contributed by atoms with Crippen molar-refractivity contribution >= 4 is 23.4 Å². The van der Waals surface area contributed by atoms with Crippen LogP contribution in [-0.2, 0) is 10.2 Å². The van der Waals surface area contributed by atoms with Crippen LogP contribution in [0.3, 0.4) is 0 Å². The summed E-state index contributed by atoms with van der Waals surface area (Å²) in [5, 5.41) is 8.85. The van der Waals surface area contributed by atoms with Crippen molar-refractivity contribution in [2.45, 2.75) is 31.3 Å². The van der Waals surface area contributed by atoms with Crippen molar-refractivity contribution in [1.82, 2.24) is 19.8 Å². The quantitative estimate of drug-likeness (QED) is 0.648. The Morgan fingerprint density at radius 3 is 2.35 bits per heavy atom. The largest absolute Gasteiger partial charge is 0.368 e. The monoisotopic (exact) mass is 374 g/mol. The summed E-state index contributed by atoms with van der Waals surface area (Å²) in [6.07, 6.45) is 0. The van der Waals surface area contributed by atoms with E-state index in [1.165, 1.54) is 22.1 Å². The molecule has 0 saturated carbocycles. The van der Waals surface area contributed by atoms with Gasteiger partial charge in [-0.15, -0.1) is 10.2 Å². The molecule has 0 aliphatic carbocycles. The van der Waals surface area contributed by atoms with Gasteiger partial charge in [-0.3, -0.25) is 4.79 Å². The number of nitrogen functional groups attached to an aromatic ring is 1. The average Bonchev–Trinajstić information content (AvgIpc) is 3.01. The zero-order chi connectivity index (χ0) is 18.7. The lowest BCUT2D eigenvalue weighted by Gasteiger charge is -2.36. The van der Waals surface area contributed by atoms with E-state index in [-0.39, 0.29) is 11.3 Å². The molecule has 1 aromatic carbocycles. The fourth-order valence-corrected chi connectivity index (χ4v) is 3.72. The summed E-state index contributed by atoms with van der Waals surface area (Å²) in [6.45, 7) is 9.27. The van der Waals surface area contributed by atoms with Gasteiger partial charge in [-0.05, 0) is 12.1 Å². The Labute approximate surface area is 158 Å². The van der Waals surface area contributed by atoms with E-state index in [4.69, 9.17) is 5.84 Å². The number of nitrogens with zero attached hydrogens (tertiary/aromatic N) is 5. The highest BCUT2D eigenvalue weighted by molar-refractivity contribution is 7.99. The second-order valence-electron chi connectivity index (χ2n) is 7.42. The first-order valence-electron chi connectivity index (χ1n) is 8.78. The van der Waals surface area contributed by atoms with Gasteiger partial charge in [-0.1, -0.05) is 50.7 Å². The van der Waals surface area contributed by atoms with E-state index in [0.717, 1.165) is 26.2 Å². The molecule has 2 N–H and O–H groups in total. The predicted molar refractivity (Wildman–Crippen MR) is 105 cm³/mol. The van der Waals surface area contributed by atoms with Crippen LogP contribution in [0.4, 0.5) is 5.69 Å². The molecule has 0 radical (unpaired) electrons. The number of carbonyl (C=O) groups is 1. The van der Waals surface area contributed by atoms with Crippen molar-refractivity contribution in [1.29, 1.82) is 0 Å². The molecule has 3 rings (SSSR count). The second-order valence-corrected chi connectivity index (χ2v) is 8.36. The highest BCUT2D eigenvalue weighted by Crippen LogP contribution is 2.23. The lowest BCUT2D eigenvalue weighted by molar-refractivity contribution is -0.128. The molecule has 1 aliphatic rings. The minimum absolute atomic E-state index is 0.114. The number of para-hydroxylation sites is 1. The van der Waals surface area contributed by atoms with Crippen LogP contribution < -0.4 is 10.7 Å². The number of aromatic nitrogens is 3. The molecule has 1 fully saturated rings. The van der Waals surface area contributed by atoms with E-state index < -0.39 is 0 Å². The molecule has 1 saturated heterocycles. The minimum atomic E-state index is -0.182. The van der Waals surface area contributed by atoms with Crippen molar-refractivity contribution in [3.05, 3.63) is 36.2 Å². The molecule has 1 aliphatic heterocycles. The number of thioether (sulfide) groups is 1. The van der Waals surface area contributed by atoms with E-state index in [1.54, 1.807) is 0 Å². The van der Waals surface area contributed by atoms with E-state index in [9.17, 15) is 4.79 Å². The van der Waals surface area contributed by atoms with Gasteiger partial charge in [-0.25, -0.2) is 4.68 Å². The normalized spacial score (nSPS) is 15.3. The minimum Gasteiger partial charge on any atom is -0.368 e. The molecule has 0 bridgehead atoms. The van der Waals surface area contributed by atoms with Crippen LogP contribution in [-0.4, -0.2) is 57.6 Å². The second kappa shape index (κ2) is 7.57. The molecular formula is C18H26N6OS. The molecule has 0 unspecified atom stereocenters. The van der Waals surface area contributed by atoms with Crippen molar-refractivity contribution in [2.75, 3.05) is 42.7 Å². The van der Waals surface area contributed by atoms with Gasteiger partial charge >= 0.3 is 0 Å². The fourth-order valence-electron chi connectivity index (χ4n) is 2.96. The summed E-state index contributed by atoms with van der Waals surface area (Å²) in [6, 6.07) is 10.3. The maximum Gasteiger partial charge on any atom is 0.233 e. The van der Waals surface area contributed by atoms with Gasteiger partial charge in [0.25, 0.3) is 0 Å². The number of nitrogens with two attached hydrogens (primary N) is 1. The Morgan fingerprint density at radius 2 is 1.77 bits per heavy atom. The first-order chi connectivity index (χ1) is 12.4. The Kier molecular flexibility index (Phi) is 5.41. The highest BCUT2D eigenvalue weighted by atomic mass is 32.2. The third-order valence-corrected chi connectivity index (χ3v) is 5.34. The smallest absolute Gasteiger partial charge is 0.233 e. The highest BCUT2D eigenvalue weighted by Gasteiger charge is 2.25. The standard InChI is InChI=1S/C18H26N6OS/c1-18(2,3)16-20-21-17(24(16)19)26-13-15(25)23-11-9-22(10-12-23)14-7-5-4-6-8-14/h4-8H,9-13,19H2,1-3H3. The van der Waals surface area contributed by atoms with Crippen LogP contribution in [0, 0.1) is 0 Å². The van der Waals surface area contributed by atoms with Gasteiger partial charge in [0, 0.05) is 37.3 Å². The number of carbonyl (C=O) groups excluding carboxylic acids is 1. The fraction of sp³-hybridized carbons (Fsp3) is 0.500. The molecule has 26 heavy (non-hydrogen) atoms. The van der Waals surface area contributed by atoms with Crippen molar-refractivity contribution in [3.8, 4) is 0 Å². The first kappa shape index (κ1) is 18.6. The number of benzene rings is 1. The lowest BCUT2D eigenvalue weighted by Crippen LogP contribution is -2.49. The molecule has 1 aromatic heterocycles. The first-order valence-corrected chi connectivity index (χ1v) is 9.76. The molecule has 0 atom stereocenters. The van der Waals surface area contributed by atoms with Gasteiger partial charge in [0.15, 0.2) is 5.82 Å². The molecule has 0 spiro atoms. The summed E-state index contributed by atoms with van der Waals surface area (Å²) in [7, 11) is 0. The van der Waals surface area contributed by atoms with Gasteiger partial charge < -0.3 is 15.6 Å². The third-order valence-electron chi connectivity index (χ3n) is 4.41. The predicted octanol–water partition coefficient (Wildman–Crippen LogP) is 1.73. The molecule has 1 amide bonds. The third kappa shape index (κ3) is 4.12. The SMILES string of the molecule is CC(C)(C)c1nnc(SCC(=O)N2CCN(c3ccccc3)CC2)n1N. The number of amides is 1. The molecular weight excluding hydrogens is 348 g/mol.